The zero-order valence-corrected chi connectivity index (χ0v) is 23.1. The molecule has 0 bridgehead atoms. The van der Waals surface area contributed by atoms with E-state index in [1.165, 1.54) is 30.5 Å². The average Bonchev–Trinajstić information content (AvgIpc) is 3.41. The lowest BCUT2D eigenvalue weighted by molar-refractivity contribution is -0.384. The molecule has 0 aliphatic rings. The van der Waals surface area contributed by atoms with E-state index in [-0.39, 0.29) is 26.7 Å². The number of benzene rings is 3. The molecule has 17 heteroatoms. The van der Waals surface area contributed by atoms with Crippen LogP contribution in [0.5, 0.6) is 0 Å². The van der Waals surface area contributed by atoms with E-state index in [1.807, 2.05) is 0 Å². The van der Waals surface area contributed by atoms with Crippen LogP contribution < -0.4 is 14.8 Å². The van der Waals surface area contributed by atoms with Gasteiger partial charge in [-0.1, -0.05) is 23.7 Å². The minimum absolute atomic E-state index is 0.00209. The van der Waals surface area contributed by atoms with Crippen LogP contribution in [-0.4, -0.2) is 36.7 Å². The first-order valence-electron chi connectivity index (χ1n) is 11.0. The van der Waals surface area contributed by atoms with Crippen molar-refractivity contribution >= 4 is 82.2 Å². The molecule has 3 N–H and O–H groups in total. The molecule has 3 aromatic carbocycles. The molecule has 0 saturated carbocycles. The van der Waals surface area contributed by atoms with Crippen molar-refractivity contribution < 1.29 is 21.8 Å². The Hall–Kier alpha value is -4.38. The zero-order valence-electron chi connectivity index (χ0n) is 19.8. The van der Waals surface area contributed by atoms with Crippen molar-refractivity contribution in [2.24, 2.45) is 0 Å². The maximum Gasteiger partial charge on any atom is 0.289 e. The summed E-state index contributed by atoms with van der Waals surface area (Å²) in [5, 5.41) is 15.8. The number of thiazole rings is 1. The van der Waals surface area contributed by atoms with Gasteiger partial charge in [0.05, 0.1) is 25.7 Å². The lowest BCUT2D eigenvalue weighted by Crippen LogP contribution is -2.16. The minimum Gasteiger partial charge on any atom is -0.337 e. The number of para-hydroxylation sites is 2. The summed E-state index contributed by atoms with van der Waals surface area (Å²) in [7, 11) is -8.25. The molecule has 5 aromatic rings. The van der Waals surface area contributed by atoms with Crippen LogP contribution in [-0.2, 0) is 20.0 Å². The fourth-order valence-corrected chi connectivity index (χ4v) is 6.45. The number of fused-ring (bicyclic) bond motifs is 1. The number of nitro groups is 1. The predicted octanol–water partition coefficient (Wildman–Crippen LogP) is 4.99. The number of nitrogens with one attached hydrogen (secondary N) is 3. The Morgan fingerprint density at radius 3 is 2.08 bits per heavy atom. The number of rotatable bonds is 9. The summed E-state index contributed by atoms with van der Waals surface area (Å²) < 4.78 is 56.3. The Morgan fingerprint density at radius 1 is 0.825 bits per heavy atom. The van der Waals surface area contributed by atoms with Crippen LogP contribution in [0.4, 0.5) is 28.1 Å². The number of hydrogen-bond donors (Lipinski definition) is 3. The van der Waals surface area contributed by atoms with Crippen molar-refractivity contribution in [2.45, 2.75) is 9.79 Å². The van der Waals surface area contributed by atoms with Gasteiger partial charge in [0.2, 0.25) is 0 Å². The summed E-state index contributed by atoms with van der Waals surface area (Å²) >= 11 is 6.96. The van der Waals surface area contributed by atoms with Gasteiger partial charge >= 0.3 is 0 Å². The van der Waals surface area contributed by atoms with Gasteiger partial charge in [0.15, 0.2) is 16.8 Å². The Morgan fingerprint density at radius 2 is 1.45 bits per heavy atom. The summed E-state index contributed by atoms with van der Waals surface area (Å²) in [6.45, 7) is 0. The standard InChI is InChI=1S/C23H16ClN7O6S3/c24-17-10-9-16(13-20(17)31(32)33)40(36,37)29-22-21(27-18-3-1-2-4-19(18)28-22)26-14-5-7-15(8-6-14)39(34,35)30-23-25-11-12-38-23/h1-13H,(H,25,30)(H,26,27)(H,28,29). The van der Waals surface area contributed by atoms with Crippen LogP contribution in [0.25, 0.3) is 11.0 Å². The largest absolute Gasteiger partial charge is 0.337 e. The predicted molar refractivity (Wildman–Crippen MR) is 151 cm³/mol. The van der Waals surface area contributed by atoms with Gasteiger partial charge < -0.3 is 5.32 Å². The van der Waals surface area contributed by atoms with Crippen LogP contribution in [0.3, 0.4) is 0 Å². The van der Waals surface area contributed by atoms with Crippen LogP contribution in [0.1, 0.15) is 0 Å². The van der Waals surface area contributed by atoms with E-state index in [0.29, 0.717) is 16.7 Å². The molecule has 0 amide bonds. The fourth-order valence-electron chi connectivity index (χ4n) is 3.45. The quantitative estimate of drug-likeness (QED) is 0.150. The average molecular weight is 618 g/mol. The van der Waals surface area contributed by atoms with E-state index in [2.05, 4.69) is 29.7 Å². The lowest BCUT2D eigenvalue weighted by Gasteiger charge is -2.14. The second-order valence-electron chi connectivity index (χ2n) is 7.98. The van der Waals surface area contributed by atoms with Gasteiger partial charge in [0, 0.05) is 23.3 Å². The minimum atomic E-state index is -4.37. The van der Waals surface area contributed by atoms with Crippen molar-refractivity contribution in [2.75, 3.05) is 14.8 Å². The van der Waals surface area contributed by atoms with Crippen LogP contribution in [0.15, 0.2) is 88.1 Å². The summed E-state index contributed by atoms with van der Waals surface area (Å²) in [5.74, 6) is -0.194. The number of sulfonamides is 2. The number of aromatic nitrogens is 3. The molecule has 0 spiro atoms. The number of nitro benzene ring substituents is 1. The molecular formula is C23H16ClN7O6S3. The number of halogens is 1. The van der Waals surface area contributed by atoms with E-state index < -0.39 is 35.6 Å². The molecular weight excluding hydrogens is 602 g/mol. The zero-order chi connectivity index (χ0) is 28.5. The second kappa shape index (κ2) is 10.6. The Bertz CT molecular complexity index is 1950. The first-order chi connectivity index (χ1) is 19.0. The van der Waals surface area contributed by atoms with Crippen LogP contribution >= 0.6 is 22.9 Å². The first-order valence-corrected chi connectivity index (χ1v) is 15.3. The van der Waals surface area contributed by atoms with Crippen LogP contribution in [0.2, 0.25) is 5.02 Å². The van der Waals surface area contributed by atoms with Crippen LogP contribution in [0, 0.1) is 10.1 Å². The van der Waals surface area contributed by atoms with E-state index in [4.69, 9.17) is 11.6 Å². The third kappa shape index (κ3) is 5.79. The van der Waals surface area contributed by atoms with Crippen molar-refractivity contribution in [3.63, 3.8) is 0 Å². The highest BCUT2D eigenvalue weighted by Gasteiger charge is 2.23. The van der Waals surface area contributed by atoms with Gasteiger partial charge in [-0.3, -0.25) is 19.6 Å². The maximum absolute atomic E-state index is 13.2. The molecule has 0 radical (unpaired) electrons. The molecule has 2 heterocycles. The fraction of sp³-hybridized carbons (Fsp3) is 0. The third-order valence-electron chi connectivity index (χ3n) is 5.31. The highest BCUT2D eigenvalue weighted by Crippen LogP contribution is 2.31. The smallest absolute Gasteiger partial charge is 0.289 e. The molecule has 0 saturated heterocycles. The van der Waals surface area contributed by atoms with Crippen molar-refractivity contribution in [3.8, 4) is 0 Å². The summed E-state index contributed by atoms with van der Waals surface area (Å²) in [5.41, 5.74) is 0.622. The van der Waals surface area contributed by atoms with Gasteiger partial charge in [0.1, 0.15) is 5.02 Å². The normalized spacial score (nSPS) is 11.7. The van der Waals surface area contributed by atoms with Gasteiger partial charge in [0.25, 0.3) is 25.7 Å². The molecule has 0 fully saturated rings. The lowest BCUT2D eigenvalue weighted by atomic mass is 10.3. The van der Waals surface area contributed by atoms with Crippen molar-refractivity contribution in [1.82, 2.24) is 15.0 Å². The summed E-state index contributed by atoms with van der Waals surface area (Å²) in [6.07, 6.45) is 1.47. The molecule has 0 aliphatic heterocycles. The monoisotopic (exact) mass is 617 g/mol. The third-order valence-corrected chi connectivity index (χ3v) is 9.14. The molecule has 2 aromatic heterocycles. The first kappa shape index (κ1) is 27.2. The topological polar surface area (TPSA) is 186 Å². The van der Waals surface area contributed by atoms with Gasteiger partial charge in [-0.2, -0.15) is 0 Å². The Balaban J connectivity index is 1.47. The summed E-state index contributed by atoms with van der Waals surface area (Å²) in [4.78, 5) is 22.8. The van der Waals surface area contributed by atoms with Gasteiger partial charge in [-0.25, -0.2) is 31.8 Å². The Labute approximate surface area is 236 Å². The number of hydrogen-bond acceptors (Lipinski definition) is 11. The number of nitrogens with zero attached hydrogens (tertiary/aromatic N) is 4. The van der Waals surface area contributed by atoms with Gasteiger partial charge in [-0.15, -0.1) is 11.3 Å². The maximum atomic E-state index is 13.2. The Kier molecular flexibility index (Phi) is 7.24. The second-order valence-corrected chi connectivity index (χ2v) is 12.6. The summed E-state index contributed by atoms with van der Waals surface area (Å²) in [6, 6.07) is 15.4. The number of anilines is 4. The highest BCUT2D eigenvalue weighted by atomic mass is 35.5. The molecule has 0 aliphatic carbocycles. The molecule has 204 valence electrons. The van der Waals surface area contributed by atoms with E-state index >= 15 is 0 Å². The molecule has 0 atom stereocenters. The van der Waals surface area contributed by atoms with E-state index in [0.717, 1.165) is 29.5 Å². The molecule has 5 rings (SSSR count). The molecule has 13 nitrogen and oxygen atoms in total. The van der Waals surface area contributed by atoms with Gasteiger partial charge in [-0.05, 0) is 48.5 Å². The molecule has 40 heavy (non-hydrogen) atoms. The SMILES string of the molecule is O=[N+]([O-])c1cc(S(=O)(=O)Nc2nc3ccccc3nc2Nc2ccc(S(=O)(=O)Nc3nccs3)cc2)ccc1Cl. The van der Waals surface area contributed by atoms with E-state index in [9.17, 15) is 26.9 Å². The van der Waals surface area contributed by atoms with E-state index in [1.54, 1.807) is 29.6 Å². The van der Waals surface area contributed by atoms with Crippen molar-refractivity contribution in [1.29, 1.82) is 0 Å². The molecule has 0 unspecified atom stereocenters. The van der Waals surface area contributed by atoms with Crippen molar-refractivity contribution in [3.05, 3.63) is 93.4 Å². The highest BCUT2D eigenvalue weighted by molar-refractivity contribution is 7.93.